The number of aromatic amines is 1. The monoisotopic (exact) mass is 327 g/mol. The molecule has 1 aliphatic heterocycles. The normalized spacial score (nSPS) is 18.2. The van der Waals surface area contributed by atoms with Crippen molar-refractivity contribution in [2.24, 2.45) is 0 Å². The lowest BCUT2D eigenvalue weighted by atomic mass is 9.95. The van der Waals surface area contributed by atoms with Gasteiger partial charge in [-0.05, 0) is 44.2 Å². The van der Waals surface area contributed by atoms with E-state index in [0.29, 0.717) is 13.0 Å². The summed E-state index contributed by atoms with van der Waals surface area (Å²) in [6, 6.07) is 8.00. The third-order valence-electron chi connectivity index (χ3n) is 4.69. The van der Waals surface area contributed by atoms with E-state index >= 15 is 0 Å². The van der Waals surface area contributed by atoms with Gasteiger partial charge in [-0.1, -0.05) is 25.1 Å². The van der Waals surface area contributed by atoms with Crippen molar-refractivity contribution in [3.05, 3.63) is 46.8 Å². The van der Waals surface area contributed by atoms with Gasteiger partial charge >= 0.3 is 0 Å². The molecule has 0 saturated carbocycles. The van der Waals surface area contributed by atoms with Crippen LogP contribution in [0.2, 0.25) is 0 Å². The third-order valence-corrected chi connectivity index (χ3v) is 4.69. The Kier molecular flexibility index (Phi) is 4.88. The Morgan fingerprint density at radius 1 is 1.42 bits per heavy atom. The molecular weight excluding hydrogens is 302 g/mol. The van der Waals surface area contributed by atoms with Crippen molar-refractivity contribution in [2.75, 3.05) is 6.61 Å². The quantitative estimate of drug-likeness (QED) is 0.902. The molecule has 3 rings (SSSR count). The molecule has 0 bridgehead atoms. The van der Waals surface area contributed by atoms with E-state index in [1.807, 2.05) is 38.1 Å². The van der Waals surface area contributed by atoms with Gasteiger partial charge in [0.1, 0.15) is 5.75 Å². The smallest absolute Gasteiger partial charge is 0.221 e. The molecule has 2 N–H and O–H groups in total. The predicted octanol–water partition coefficient (Wildman–Crippen LogP) is 3.55. The van der Waals surface area contributed by atoms with Gasteiger partial charge in [-0.3, -0.25) is 9.89 Å². The highest BCUT2D eigenvalue weighted by Gasteiger charge is 2.23. The number of aryl methyl sites for hydroxylation is 2. The minimum atomic E-state index is 0.0231. The maximum Gasteiger partial charge on any atom is 0.221 e. The number of nitrogens with one attached hydrogen (secondary N) is 2. The highest BCUT2D eigenvalue weighted by molar-refractivity contribution is 5.77. The van der Waals surface area contributed by atoms with E-state index in [2.05, 4.69) is 22.4 Å². The van der Waals surface area contributed by atoms with Crippen molar-refractivity contribution in [3.63, 3.8) is 0 Å². The van der Waals surface area contributed by atoms with Crippen LogP contribution in [0.1, 0.15) is 60.7 Å². The molecule has 0 unspecified atom stereocenters. The third kappa shape index (κ3) is 3.45. The molecule has 0 saturated heterocycles. The number of nitrogens with zero attached hydrogens (tertiary/aromatic N) is 1. The van der Waals surface area contributed by atoms with Crippen LogP contribution < -0.4 is 10.1 Å². The molecule has 1 amide bonds. The molecule has 24 heavy (non-hydrogen) atoms. The standard InChI is InChI=1S/C19H25N3O2/c1-12(19-13(2)21-22-14(19)3)11-18(23)20-16-8-6-10-24-17-9-5-4-7-15(16)17/h4-5,7,9,12,16H,6,8,10-11H2,1-3H3,(H,20,23)(H,21,22)/t12-,16+/m1/s1. The van der Waals surface area contributed by atoms with Crippen molar-refractivity contribution < 1.29 is 9.53 Å². The Morgan fingerprint density at radius 2 is 2.21 bits per heavy atom. The van der Waals surface area contributed by atoms with Crippen molar-refractivity contribution in [2.45, 2.75) is 52.0 Å². The summed E-state index contributed by atoms with van der Waals surface area (Å²) in [5.74, 6) is 1.10. The van der Waals surface area contributed by atoms with Crippen LogP contribution in [0.5, 0.6) is 5.75 Å². The highest BCUT2D eigenvalue weighted by Crippen LogP contribution is 2.32. The van der Waals surface area contributed by atoms with Gasteiger partial charge in [0, 0.05) is 17.7 Å². The fourth-order valence-corrected chi connectivity index (χ4v) is 3.59. The summed E-state index contributed by atoms with van der Waals surface area (Å²) >= 11 is 0. The first kappa shape index (κ1) is 16.6. The largest absolute Gasteiger partial charge is 0.493 e. The van der Waals surface area contributed by atoms with E-state index < -0.39 is 0 Å². The van der Waals surface area contributed by atoms with Gasteiger partial charge in [0.05, 0.1) is 18.3 Å². The van der Waals surface area contributed by atoms with Gasteiger partial charge in [0.15, 0.2) is 0 Å². The molecule has 0 fully saturated rings. The van der Waals surface area contributed by atoms with Gasteiger partial charge in [-0.25, -0.2) is 0 Å². The zero-order chi connectivity index (χ0) is 17.1. The minimum Gasteiger partial charge on any atom is -0.493 e. The predicted molar refractivity (Wildman–Crippen MR) is 93.1 cm³/mol. The Labute approximate surface area is 142 Å². The number of aromatic nitrogens is 2. The molecule has 5 nitrogen and oxygen atoms in total. The van der Waals surface area contributed by atoms with Crippen LogP contribution in [0, 0.1) is 13.8 Å². The van der Waals surface area contributed by atoms with Crippen LogP contribution in [-0.4, -0.2) is 22.7 Å². The average Bonchev–Trinajstić information content (AvgIpc) is 2.77. The van der Waals surface area contributed by atoms with Gasteiger partial charge in [-0.15, -0.1) is 0 Å². The fourth-order valence-electron chi connectivity index (χ4n) is 3.59. The Hall–Kier alpha value is -2.30. The molecule has 2 atom stereocenters. The molecule has 2 aromatic rings. The van der Waals surface area contributed by atoms with Crippen LogP contribution in [0.25, 0.3) is 0 Å². The van der Waals surface area contributed by atoms with Gasteiger partial charge < -0.3 is 10.1 Å². The summed E-state index contributed by atoms with van der Waals surface area (Å²) in [5, 5.41) is 10.4. The second-order valence-electron chi connectivity index (χ2n) is 6.60. The minimum absolute atomic E-state index is 0.0231. The van der Waals surface area contributed by atoms with Crippen LogP contribution in [-0.2, 0) is 4.79 Å². The molecule has 0 radical (unpaired) electrons. The molecule has 1 aromatic carbocycles. The van der Waals surface area contributed by atoms with Gasteiger partial charge in [0.2, 0.25) is 5.91 Å². The summed E-state index contributed by atoms with van der Waals surface area (Å²) in [6.07, 6.45) is 2.30. The Balaban J connectivity index is 1.69. The molecule has 1 aromatic heterocycles. The lowest BCUT2D eigenvalue weighted by Crippen LogP contribution is -2.29. The van der Waals surface area contributed by atoms with Crippen LogP contribution in [0.15, 0.2) is 24.3 Å². The van der Waals surface area contributed by atoms with Gasteiger partial charge in [-0.2, -0.15) is 5.10 Å². The lowest BCUT2D eigenvalue weighted by Gasteiger charge is -2.20. The Morgan fingerprint density at radius 3 is 2.96 bits per heavy atom. The van der Waals surface area contributed by atoms with Crippen molar-refractivity contribution in [1.29, 1.82) is 0 Å². The number of fused-ring (bicyclic) bond motifs is 1. The van der Waals surface area contributed by atoms with E-state index in [-0.39, 0.29) is 17.9 Å². The maximum atomic E-state index is 12.6. The molecule has 1 aliphatic rings. The van der Waals surface area contributed by atoms with Crippen LogP contribution >= 0.6 is 0 Å². The summed E-state index contributed by atoms with van der Waals surface area (Å²) < 4.78 is 5.77. The van der Waals surface area contributed by atoms with Crippen molar-refractivity contribution in [1.82, 2.24) is 15.5 Å². The molecule has 2 heterocycles. The first-order chi connectivity index (χ1) is 11.6. The number of hydrogen-bond donors (Lipinski definition) is 2. The van der Waals surface area contributed by atoms with E-state index in [4.69, 9.17) is 4.74 Å². The van der Waals surface area contributed by atoms with Gasteiger partial charge in [0.25, 0.3) is 0 Å². The Bertz CT molecular complexity index is 704. The topological polar surface area (TPSA) is 67.0 Å². The molecule has 0 aliphatic carbocycles. The van der Waals surface area contributed by atoms with Crippen molar-refractivity contribution >= 4 is 5.91 Å². The van der Waals surface area contributed by atoms with Crippen LogP contribution in [0.4, 0.5) is 0 Å². The van der Waals surface area contributed by atoms with E-state index in [1.165, 1.54) is 0 Å². The lowest BCUT2D eigenvalue weighted by molar-refractivity contribution is -0.122. The molecular formula is C19H25N3O2. The summed E-state index contributed by atoms with van der Waals surface area (Å²) in [7, 11) is 0. The zero-order valence-corrected chi connectivity index (χ0v) is 14.6. The SMILES string of the molecule is Cc1n[nH]c(C)c1[C@H](C)CC(=O)N[C@H]1CCCOc2ccccc21. The average molecular weight is 327 g/mol. The second kappa shape index (κ2) is 7.07. The first-order valence-electron chi connectivity index (χ1n) is 8.58. The van der Waals surface area contributed by atoms with Crippen LogP contribution in [0.3, 0.4) is 0 Å². The molecule has 5 heteroatoms. The number of H-pyrrole nitrogens is 1. The number of carbonyl (C=O) groups excluding carboxylic acids is 1. The van der Waals surface area contributed by atoms with E-state index in [1.54, 1.807) is 0 Å². The number of para-hydroxylation sites is 1. The number of rotatable bonds is 4. The maximum absolute atomic E-state index is 12.6. The first-order valence-corrected chi connectivity index (χ1v) is 8.58. The molecule has 128 valence electrons. The summed E-state index contributed by atoms with van der Waals surface area (Å²) in [6.45, 7) is 6.76. The number of carbonyl (C=O) groups is 1. The van der Waals surface area contributed by atoms with E-state index in [0.717, 1.165) is 41.1 Å². The van der Waals surface area contributed by atoms with E-state index in [9.17, 15) is 4.79 Å². The number of ether oxygens (including phenoxy) is 1. The number of benzene rings is 1. The summed E-state index contributed by atoms with van der Waals surface area (Å²) in [5.41, 5.74) is 4.24. The second-order valence-corrected chi connectivity index (χ2v) is 6.60. The summed E-state index contributed by atoms with van der Waals surface area (Å²) in [4.78, 5) is 12.6. The number of hydrogen-bond acceptors (Lipinski definition) is 3. The number of amides is 1. The highest BCUT2D eigenvalue weighted by atomic mass is 16.5. The molecule has 0 spiro atoms. The fraction of sp³-hybridized carbons (Fsp3) is 0.474. The zero-order valence-electron chi connectivity index (χ0n) is 14.6. The van der Waals surface area contributed by atoms with Crippen molar-refractivity contribution in [3.8, 4) is 5.75 Å².